The first-order valence-electron chi connectivity index (χ1n) is 6.37. The van der Waals surface area contributed by atoms with Crippen molar-refractivity contribution < 1.29 is 13.9 Å². The number of aromatic nitrogens is 1. The summed E-state index contributed by atoms with van der Waals surface area (Å²) >= 11 is 5.69. The number of hydrogen-bond donors (Lipinski definition) is 0. The molecular formula is C13H16ClFN2O2. The zero-order valence-electron chi connectivity index (χ0n) is 10.7. The van der Waals surface area contributed by atoms with Crippen LogP contribution in [-0.4, -0.2) is 30.1 Å². The number of nitrogens with zero attached hydrogens (tertiary/aromatic N) is 2. The fraction of sp³-hybridized carbons (Fsp3) is 0.538. The van der Waals surface area contributed by atoms with Gasteiger partial charge in [-0.3, -0.25) is 0 Å². The molecule has 104 valence electrons. The van der Waals surface area contributed by atoms with Crippen molar-refractivity contribution in [1.82, 2.24) is 4.98 Å². The van der Waals surface area contributed by atoms with Crippen molar-refractivity contribution in [2.45, 2.75) is 32.2 Å². The first-order chi connectivity index (χ1) is 9.13. The zero-order valence-corrected chi connectivity index (χ0v) is 11.5. The molecule has 2 heterocycles. The van der Waals surface area contributed by atoms with Crippen LogP contribution >= 0.6 is 11.6 Å². The van der Waals surface area contributed by atoms with E-state index in [1.807, 2.05) is 0 Å². The number of anilines is 1. The van der Waals surface area contributed by atoms with Gasteiger partial charge in [-0.2, -0.15) is 0 Å². The van der Waals surface area contributed by atoms with Crippen LogP contribution in [0.2, 0.25) is 5.02 Å². The number of ether oxygens (including phenoxy) is 1. The summed E-state index contributed by atoms with van der Waals surface area (Å²) in [7, 11) is 0. The van der Waals surface area contributed by atoms with Crippen LogP contribution < -0.4 is 4.90 Å². The lowest BCUT2D eigenvalue weighted by Gasteiger charge is -2.34. The number of halogens is 2. The van der Waals surface area contributed by atoms with Gasteiger partial charge in [0.25, 0.3) is 0 Å². The van der Waals surface area contributed by atoms with E-state index in [0.717, 1.165) is 12.8 Å². The highest BCUT2D eigenvalue weighted by atomic mass is 35.5. The molecule has 0 aliphatic carbocycles. The smallest absolute Gasteiger partial charge is 0.328 e. The maximum absolute atomic E-state index is 13.9. The lowest BCUT2D eigenvalue weighted by molar-refractivity contribution is -0.145. The van der Waals surface area contributed by atoms with Crippen LogP contribution in [0.3, 0.4) is 0 Å². The van der Waals surface area contributed by atoms with E-state index >= 15 is 0 Å². The van der Waals surface area contributed by atoms with Gasteiger partial charge in [0.2, 0.25) is 0 Å². The summed E-state index contributed by atoms with van der Waals surface area (Å²) in [6.07, 6.45) is 3.87. The Bertz CT molecular complexity index is 470. The zero-order chi connectivity index (χ0) is 13.8. The highest BCUT2D eigenvalue weighted by molar-refractivity contribution is 6.30. The van der Waals surface area contributed by atoms with Gasteiger partial charge >= 0.3 is 5.97 Å². The third-order valence-corrected chi connectivity index (χ3v) is 3.33. The van der Waals surface area contributed by atoms with Crippen molar-refractivity contribution in [3.63, 3.8) is 0 Å². The van der Waals surface area contributed by atoms with Crippen LogP contribution in [0.5, 0.6) is 0 Å². The lowest BCUT2D eigenvalue weighted by atomic mass is 10.0. The Morgan fingerprint density at radius 2 is 2.42 bits per heavy atom. The molecule has 0 aromatic carbocycles. The van der Waals surface area contributed by atoms with E-state index in [1.165, 1.54) is 12.3 Å². The van der Waals surface area contributed by atoms with E-state index in [4.69, 9.17) is 16.3 Å². The largest absolute Gasteiger partial charge is 0.464 e. The molecule has 0 N–H and O–H groups in total. The summed E-state index contributed by atoms with van der Waals surface area (Å²) in [4.78, 5) is 17.6. The number of carbonyl (C=O) groups is 1. The van der Waals surface area contributed by atoms with E-state index in [0.29, 0.717) is 19.6 Å². The van der Waals surface area contributed by atoms with Gasteiger partial charge < -0.3 is 9.64 Å². The van der Waals surface area contributed by atoms with Crippen molar-refractivity contribution in [2.75, 3.05) is 18.1 Å². The molecule has 0 spiro atoms. The van der Waals surface area contributed by atoms with Crippen LogP contribution in [0.4, 0.5) is 10.2 Å². The van der Waals surface area contributed by atoms with Crippen molar-refractivity contribution >= 4 is 23.4 Å². The molecule has 1 aliphatic heterocycles. The minimum Gasteiger partial charge on any atom is -0.464 e. The summed E-state index contributed by atoms with van der Waals surface area (Å²) in [5.41, 5.74) is 0. The van der Waals surface area contributed by atoms with Crippen LogP contribution in [0.25, 0.3) is 0 Å². The Hall–Kier alpha value is -1.36. The third-order valence-electron chi connectivity index (χ3n) is 3.12. The lowest BCUT2D eigenvalue weighted by Crippen LogP contribution is -2.46. The van der Waals surface area contributed by atoms with Crippen molar-refractivity contribution in [3.05, 3.63) is 23.1 Å². The van der Waals surface area contributed by atoms with Crippen molar-refractivity contribution in [2.24, 2.45) is 0 Å². The molecule has 0 amide bonds. The van der Waals surface area contributed by atoms with E-state index in [2.05, 4.69) is 4.98 Å². The summed E-state index contributed by atoms with van der Waals surface area (Å²) < 4.78 is 19.0. The molecule has 0 saturated carbocycles. The number of esters is 1. The molecule has 1 aliphatic rings. The van der Waals surface area contributed by atoms with Gasteiger partial charge in [-0.15, -0.1) is 0 Å². The summed E-state index contributed by atoms with van der Waals surface area (Å²) in [6, 6.07) is 0.748. The van der Waals surface area contributed by atoms with Crippen LogP contribution in [0, 0.1) is 5.82 Å². The molecule has 1 atom stereocenters. The fourth-order valence-corrected chi connectivity index (χ4v) is 2.43. The van der Waals surface area contributed by atoms with Gasteiger partial charge in [0.15, 0.2) is 11.6 Å². The molecule has 19 heavy (non-hydrogen) atoms. The SMILES string of the molecule is CCOC(=O)C1CCCCN1c1ncc(Cl)cc1F. The van der Waals surface area contributed by atoms with Gasteiger partial charge in [-0.05, 0) is 32.3 Å². The molecule has 6 heteroatoms. The van der Waals surface area contributed by atoms with E-state index in [-0.39, 0.29) is 16.8 Å². The Labute approximate surface area is 116 Å². The molecule has 2 rings (SSSR count). The van der Waals surface area contributed by atoms with E-state index < -0.39 is 11.9 Å². The summed E-state index contributed by atoms with van der Waals surface area (Å²) in [5.74, 6) is -0.663. The average molecular weight is 287 g/mol. The van der Waals surface area contributed by atoms with Gasteiger partial charge in [-0.25, -0.2) is 14.2 Å². The molecule has 1 unspecified atom stereocenters. The number of carbonyl (C=O) groups excluding carboxylic acids is 1. The quantitative estimate of drug-likeness (QED) is 0.802. The predicted molar refractivity (Wildman–Crippen MR) is 70.8 cm³/mol. The average Bonchev–Trinajstić information content (AvgIpc) is 2.39. The number of rotatable bonds is 3. The molecule has 4 nitrogen and oxygen atoms in total. The Morgan fingerprint density at radius 1 is 1.63 bits per heavy atom. The molecule has 1 aromatic heterocycles. The first-order valence-corrected chi connectivity index (χ1v) is 6.75. The van der Waals surface area contributed by atoms with Gasteiger partial charge in [-0.1, -0.05) is 11.6 Å². The second-order valence-electron chi connectivity index (χ2n) is 4.42. The summed E-state index contributed by atoms with van der Waals surface area (Å²) in [6.45, 7) is 2.67. The Morgan fingerprint density at radius 3 is 3.11 bits per heavy atom. The van der Waals surface area contributed by atoms with Crippen molar-refractivity contribution in [1.29, 1.82) is 0 Å². The minimum atomic E-state index is -0.510. The standard InChI is InChI=1S/C13H16ClFN2O2/c1-2-19-13(18)11-5-3-4-6-17(11)12-10(15)7-9(14)8-16-12/h7-8,11H,2-6H2,1H3. The van der Waals surface area contributed by atoms with Crippen LogP contribution in [0.1, 0.15) is 26.2 Å². The molecular weight excluding hydrogens is 271 g/mol. The number of piperidine rings is 1. The highest BCUT2D eigenvalue weighted by Crippen LogP contribution is 2.27. The predicted octanol–water partition coefficient (Wildman–Crippen LogP) is 2.80. The second-order valence-corrected chi connectivity index (χ2v) is 4.85. The Kier molecular flexibility index (Phi) is 4.58. The molecule has 1 saturated heterocycles. The molecule has 0 radical (unpaired) electrons. The topological polar surface area (TPSA) is 42.4 Å². The number of pyridine rings is 1. The van der Waals surface area contributed by atoms with Gasteiger partial charge in [0.05, 0.1) is 11.6 Å². The third kappa shape index (κ3) is 3.15. The maximum Gasteiger partial charge on any atom is 0.328 e. The maximum atomic E-state index is 13.9. The number of hydrogen-bond acceptors (Lipinski definition) is 4. The summed E-state index contributed by atoms with van der Waals surface area (Å²) in [5, 5.41) is 0.242. The van der Waals surface area contributed by atoms with Crippen LogP contribution in [-0.2, 0) is 9.53 Å². The molecule has 1 fully saturated rings. The van der Waals surface area contributed by atoms with Gasteiger partial charge in [0, 0.05) is 12.7 Å². The first kappa shape index (κ1) is 14.1. The fourth-order valence-electron chi connectivity index (χ4n) is 2.29. The molecule has 1 aromatic rings. The monoisotopic (exact) mass is 286 g/mol. The Balaban J connectivity index is 2.26. The normalized spacial score (nSPS) is 19.3. The van der Waals surface area contributed by atoms with Crippen LogP contribution in [0.15, 0.2) is 12.3 Å². The highest BCUT2D eigenvalue weighted by Gasteiger charge is 2.32. The van der Waals surface area contributed by atoms with Gasteiger partial charge in [0.1, 0.15) is 6.04 Å². The van der Waals surface area contributed by atoms with Crippen molar-refractivity contribution in [3.8, 4) is 0 Å². The molecule has 0 bridgehead atoms. The minimum absolute atomic E-state index is 0.169. The van der Waals surface area contributed by atoms with E-state index in [1.54, 1.807) is 11.8 Å². The second kappa shape index (κ2) is 6.19. The van der Waals surface area contributed by atoms with E-state index in [9.17, 15) is 9.18 Å².